The van der Waals surface area contributed by atoms with Crippen molar-refractivity contribution in [2.45, 2.75) is 56.8 Å². The Labute approximate surface area is 200 Å². The van der Waals surface area contributed by atoms with Crippen molar-refractivity contribution in [3.8, 4) is 5.75 Å². The Morgan fingerprint density at radius 2 is 1.37 bits per heavy atom. The average Bonchev–Trinajstić information content (AvgIpc) is 2.76. The van der Waals surface area contributed by atoms with Gasteiger partial charge in [0.1, 0.15) is 23.9 Å². The first kappa shape index (κ1) is 28.8. The summed E-state index contributed by atoms with van der Waals surface area (Å²) in [5.74, 6) is -6.46. The molecule has 0 saturated carbocycles. The van der Waals surface area contributed by atoms with E-state index in [0.29, 0.717) is 5.56 Å². The monoisotopic (exact) mass is 495 g/mol. The van der Waals surface area contributed by atoms with Crippen LogP contribution in [-0.4, -0.2) is 75.1 Å². The third kappa shape index (κ3) is 10.5. The van der Waals surface area contributed by atoms with E-state index in [1.54, 1.807) is 0 Å². The van der Waals surface area contributed by atoms with Crippen molar-refractivity contribution >= 4 is 35.6 Å². The highest BCUT2D eigenvalue weighted by Crippen LogP contribution is 2.12. The topological polar surface area (TPSA) is 251 Å². The van der Waals surface area contributed by atoms with E-state index in [4.69, 9.17) is 16.6 Å². The van der Waals surface area contributed by atoms with Gasteiger partial charge in [-0.05, 0) is 31.0 Å². The first-order valence-corrected chi connectivity index (χ1v) is 10.5. The Kier molecular flexibility index (Phi) is 11.1. The minimum absolute atomic E-state index is 0.0391. The Balaban J connectivity index is 3.04. The van der Waals surface area contributed by atoms with Crippen molar-refractivity contribution in [2.24, 2.45) is 11.5 Å². The highest BCUT2D eigenvalue weighted by molar-refractivity contribution is 5.96. The molecule has 1 rings (SSSR count). The molecule has 4 unspecified atom stereocenters. The summed E-state index contributed by atoms with van der Waals surface area (Å²) in [4.78, 5) is 71.4. The lowest BCUT2D eigenvalue weighted by Gasteiger charge is -2.24. The van der Waals surface area contributed by atoms with Crippen molar-refractivity contribution in [1.82, 2.24) is 16.0 Å². The number of primary amides is 1. The first-order valence-electron chi connectivity index (χ1n) is 10.5. The second kappa shape index (κ2) is 13.5. The second-order valence-electron chi connectivity index (χ2n) is 7.78. The van der Waals surface area contributed by atoms with E-state index in [1.807, 2.05) is 0 Å². The molecular formula is C21H29N5O9. The van der Waals surface area contributed by atoms with E-state index in [9.17, 15) is 39.0 Å². The van der Waals surface area contributed by atoms with E-state index < -0.39 is 79.0 Å². The molecule has 0 fully saturated rings. The predicted octanol–water partition coefficient (Wildman–Crippen LogP) is -2.44. The van der Waals surface area contributed by atoms with Gasteiger partial charge in [-0.25, -0.2) is 4.79 Å². The van der Waals surface area contributed by atoms with Crippen molar-refractivity contribution < 1.29 is 44.1 Å². The summed E-state index contributed by atoms with van der Waals surface area (Å²) in [6.45, 7) is 1.33. The standard InChI is InChI=1S/C21H29N5O9/c1-10(22)18(31)25-14(9-16(23)28)20(33)24-13(6-7-17(29)30)19(32)26-15(21(34)35)8-11-2-4-12(27)5-3-11/h2-5,10,13-15,27H,6-9,22H2,1H3,(H2,23,28)(H,24,33)(H,25,31)(H,26,32)(H,29,30)(H,34,35). The van der Waals surface area contributed by atoms with Gasteiger partial charge in [0.2, 0.25) is 23.6 Å². The van der Waals surface area contributed by atoms with Gasteiger partial charge in [0.25, 0.3) is 0 Å². The van der Waals surface area contributed by atoms with Gasteiger partial charge in [-0.1, -0.05) is 12.1 Å². The fourth-order valence-corrected chi connectivity index (χ4v) is 2.86. The van der Waals surface area contributed by atoms with Crippen LogP contribution in [0.4, 0.5) is 0 Å². The van der Waals surface area contributed by atoms with Gasteiger partial charge < -0.3 is 42.7 Å². The number of carboxylic acid groups (broad SMARTS) is 2. The zero-order chi connectivity index (χ0) is 26.7. The van der Waals surface area contributed by atoms with Gasteiger partial charge in [-0.3, -0.25) is 24.0 Å². The molecule has 0 heterocycles. The lowest BCUT2D eigenvalue weighted by molar-refractivity contribution is -0.143. The van der Waals surface area contributed by atoms with Gasteiger partial charge in [-0.15, -0.1) is 0 Å². The Hall–Kier alpha value is -4.20. The molecule has 192 valence electrons. The lowest BCUT2D eigenvalue weighted by Crippen LogP contribution is -2.57. The van der Waals surface area contributed by atoms with Crippen LogP contribution in [0, 0.1) is 0 Å². The number of hydrogen-bond donors (Lipinski definition) is 8. The number of carbonyl (C=O) groups excluding carboxylic acids is 4. The Bertz CT molecular complexity index is 949. The number of carboxylic acids is 2. The molecule has 0 aliphatic carbocycles. The number of benzene rings is 1. The van der Waals surface area contributed by atoms with Crippen molar-refractivity contribution in [1.29, 1.82) is 0 Å². The zero-order valence-electron chi connectivity index (χ0n) is 18.9. The lowest BCUT2D eigenvalue weighted by atomic mass is 10.0. The highest BCUT2D eigenvalue weighted by Gasteiger charge is 2.31. The number of amides is 4. The van der Waals surface area contributed by atoms with Crippen LogP contribution in [0.3, 0.4) is 0 Å². The smallest absolute Gasteiger partial charge is 0.326 e. The molecule has 0 bridgehead atoms. The third-order valence-corrected chi connectivity index (χ3v) is 4.72. The predicted molar refractivity (Wildman–Crippen MR) is 120 cm³/mol. The summed E-state index contributed by atoms with van der Waals surface area (Å²) in [6, 6.07) is 0.0907. The maximum atomic E-state index is 12.8. The molecular weight excluding hydrogens is 466 g/mol. The van der Waals surface area contributed by atoms with Gasteiger partial charge in [0.15, 0.2) is 0 Å². The molecule has 1 aromatic carbocycles. The average molecular weight is 495 g/mol. The number of rotatable bonds is 14. The van der Waals surface area contributed by atoms with Crippen LogP contribution in [0.2, 0.25) is 0 Å². The van der Waals surface area contributed by atoms with Crippen LogP contribution < -0.4 is 27.4 Å². The maximum absolute atomic E-state index is 12.8. The number of carbonyl (C=O) groups is 6. The van der Waals surface area contributed by atoms with E-state index in [1.165, 1.54) is 31.2 Å². The Morgan fingerprint density at radius 1 is 0.857 bits per heavy atom. The number of nitrogens with two attached hydrogens (primary N) is 2. The number of nitrogens with one attached hydrogen (secondary N) is 3. The molecule has 1 aromatic rings. The number of aliphatic carboxylic acids is 2. The van der Waals surface area contributed by atoms with Crippen LogP contribution in [0.15, 0.2) is 24.3 Å². The molecule has 4 atom stereocenters. The minimum Gasteiger partial charge on any atom is -0.508 e. The summed E-state index contributed by atoms with van der Waals surface area (Å²) in [6.07, 6.45) is -1.77. The van der Waals surface area contributed by atoms with Crippen LogP contribution in [0.1, 0.15) is 31.7 Å². The van der Waals surface area contributed by atoms with E-state index in [-0.39, 0.29) is 12.2 Å². The molecule has 14 nitrogen and oxygen atoms in total. The second-order valence-corrected chi connectivity index (χ2v) is 7.78. The molecule has 10 N–H and O–H groups in total. The maximum Gasteiger partial charge on any atom is 0.326 e. The number of phenols is 1. The molecule has 14 heteroatoms. The van der Waals surface area contributed by atoms with E-state index in [0.717, 1.165) is 0 Å². The van der Waals surface area contributed by atoms with Crippen LogP contribution in [0.5, 0.6) is 5.75 Å². The normalized spacial score (nSPS) is 14.0. The largest absolute Gasteiger partial charge is 0.508 e. The van der Waals surface area contributed by atoms with Gasteiger partial charge in [0, 0.05) is 12.8 Å². The van der Waals surface area contributed by atoms with Crippen molar-refractivity contribution in [2.75, 3.05) is 0 Å². The molecule has 0 saturated heterocycles. The zero-order valence-corrected chi connectivity index (χ0v) is 18.9. The molecule has 0 spiro atoms. The van der Waals surface area contributed by atoms with E-state index >= 15 is 0 Å². The fourth-order valence-electron chi connectivity index (χ4n) is 2.86. The van der Waals surface area contributed by atoms with Crippen molar-refractivity contribution in [3.63, 3.8) is 0 Å². The van der Waals surface area contributed by atoms with Crippen LogP contribution in [0.25, 0.3) is 0 Å². The van der Waals surface area contributed by atoms with Crippen LogP contribution >= 0.6 is 0 Å². The highest BCUT2D eigenvalue weighted by atomic mass is 16.4. The van der Waals surface area contributed by atoms with Gasteiger partial charge in [-0.2, -0.15) is 0 Å². The summed E-state index contributed by atoms with van der Waals surface area (Å²) in [5, 5.41) is 34.5. The van der Waals surface area contributed by atoms with Crippen LogP contribution in [-0.2, 0) is 35.2 Å². The molecule has 0 radical (unpaired) electrons. The number of hydrogen-bond acceptors (Lipinski definition) is 8. The summed E-state index contributed by atoms with van der Waals surface area (Å²) >= 11 is 0. The molecule has 0 aliphatic heterocycles. The quantitative estimate of drug-likeness (QED) is 0.135. The molecule has 4 amide bonds. The number of aromatic hydroxyl groups is 1. The van der Waals surface area contributed by atoms with Gasteiger partial charge >= 0.3 is 11.9 Å². The molecule has 0 aliphatic rings. The molecule has 35 heavy (non-hydrogen) atoms. The van der Waals surface area contributed by atoms with Crippen molar-refractivity contribution in [3.05, 3.63) is 29.8 Å². The summed E-state index contributed by atoms with van der Waals surface area (Å²) < 4.78 is 0. The first-order chi connectivity index (χ1) is 16.3. The minimum atomic E-state index is -1.51. The van der Waals surface area contributed by atoms with Gasteiger partial charge in [0.05, 0.1) is 12.5 Å². The van der Waals surface area contributed by atoms with E-state index in [2.05, 4.69) is 16.0 Å². The Morgan fingerprint density at radius 3 is 1.86 bits per heavy atom. The third-order valence-electron chi connectivity index (χ3n) is 4.72. The SMILES string of the molecule is CC(N)C(=O)NC(CC(N)=O)C(=O)NC(CCC(=O)O)C(=O)NC(Cc1ccc(O)cc1)C(=O)O. The molecule has 0 aromatic heterocycles. The summed E-state index contributed by atoms with van der Waals surface area (Å²) in [5.41, 5.74) is 11.0. The number of phenolic OH excluding ortho intramolecular Hbond substituents is 1. The summed E-state index contributed by atoms with van der Waals surface area (Å²) in [7, 11) is 0. The fraction of sp³-hybridized carbons (Fsp3) is 0.429.